The second-order valence-corrected chi connectivity index (χ2v) is 4.10. The summed E-state index contributed by atoms with van der Waals surface area (Å²) in [5.74, 6) is -0.440. The fourth-order valence-electron chi connectivity index (χ4n) is 1.30. The summed E-state index contributed by atoms with van der Waals surface area (Å²) in [6.07, 6.45) is 0. The Hall–Kier alpha value is -1.22. The zero-order valence-corrected chi connectivity index (χ0v) is 10.2. The van der Waals surface area contributed by atoms with Crippen LogP contribution in [0.2, 0.25) is 0 Å². The van der Waals surface area contributed by atoms with E-state index in [0.717, 1.165) is 0 Å². The van der Waals surface area contributed by atoms with Crippen molar-refractivity contribution < 1.29 is 20.2 Å². The lowest BCUT2D eigenvalue weighted by Gasteiger charge is -2.04. The van der Waals surface area contributed by atoms with Crippen molar-refractivity contribution in [2.45, 2.75) is 0 Å². The van der Waals surface area contributed by atoms with Gasteiger partial charge in [0.25, 0.3) is 0 Å². The molecule has 1 heterocycles. The summed E-state index contributed by atoms with van der Waals surface area (Å²) >= 11 is 1.99. The van der Waals surface area contributed by atoms with Gasteiger partial charge in [-0.1, -0.05) is 4.85 Å². The largest absolute Gasteiger partial charge is 0.504 e. The van der Waals surface area contributed by atoms with Crippen LogP contribution in [-0.2, 0) is 0 Å². The number of aliphatic hydroxyl groups excluding tert-OH is 1. The van der Waals surface area contributed by atoms with Gasteiger partial charge in [0, 0.05) is 11.5 Å². The lowest BCUT2D eigenvalue weighted by atomic mass is 10.2. The molecular weight excluding hydrogens is 327 g/mol. The fourth-order valence-corrected chi connectivity index (χ4v) is 1.93. The van der Waals surface area contributed by atoms with E-state index in [1.165, 1.54) is 17.0 Å². The lowest BCUT2D eigenvalue weighted by molar-refractivity contribution is 0.0609. The summed E-state index contributed by atoms with van der Waals surface area (Å²) in [7, 11) is 0. The first-order valence-corrected chi connectivity index (χ1v) is 5.55. The average molecular weight is 336 g/mol. The van der Waals surface area contributed by atoms with Crippen molar-refractivity contribution in [2.75, 3.05) is 13.2 Å². The van der Waals surface area contributed by atoms with Gasteiger partial charge in [0.2, 0.25) is 0 Å². The van der Waals surface area contributed by atoms with Gasteiger partial charge in [-0.25, -0.2) is 0 Å². The fraction of sp³-hybridized carbons (Fsp3) is 0.222. The monoisotopic (exact) mass is 336 g/mol. The number of phenols is 2. The number of rotatable bonds is 3. The van der Waals surface area contributed by atoms with Crippen molar-refractivity contribution in [3.8, 4) is 11.5 Å². The second-order valence-electron chi connectivity index (χ2n) is 3.08. The van der Waals surface area contributed by atoms with Crippen LogP contribution in [0.25, 0.3) is 10.9 Å². The molecule has 16 heavy (non-hydrogen) atoms. The number of benzene rings is 1. The molecule has 0 saturated carbocycles. The van der Waals surface area contributed by atoms with Crippen molar-refractivity contribution in [3.63, 3.8) is 0 Å². The van der Waals surface area contributed by atoms with E-state index in [1.54, 1.807) is 0 Å². The van der Waals surface area contributed by atoms with Crippen LogP contribution in [0.15, 0.2) is 12.1 Å². The Balaban J connectivity index is 2.55. The predicted molar refractivity (Wildman–Crippen MR) is 64.3 cm³/mol. The van der Waals surface area contributed by atoms with Crippen LogP contribution in [0.4, 0.5) is 0 Å². The van der Waals surface area contributed by atoms with E-state index >= 15 is 0 Å². The number of fused-ring (bicyclic) bond motifs is 1. The Morgan fingerprint density at radius 3 is 2.69 bits per heavy atom. The Bertz CT molecular complexity index is 526. The minimum absolute atomic E-state index is 0.106. The van der Waals surface area contributed by atoms with Crippen LogP contribution >= 0.6 is 22.6 Å². The summed E-state index contributed by atoms with van der Waals surface area (Å²) in [5, 5.41) is 32.1. The van der Waals surface area contributed by atoms with Gasteiger partial charge < -0.3 is 20.2 Å². The molecule has 2 aromatic rings. The van der Waals surface area contributed by atoms with E-state index in [-0.39, 0.29) is 24.7 Å². The summed E-state index contributed by atoms with van der Waals surface area (Å²) in [4.78, 5) is 6.36. The second kappa shape index (κ2) is 4.34. The number of aromatic hydroxyl groups is 2. The maximum atomic E-state index is 9.38. The van der Waals surface area contributed by atoms with Crippen LogP contribution in [0.1, 0.15) is 0 Å². The molecule has 0 bridgehead atoms. The Kier molecular flexibility index (Phi) is 3.06. The smallest absolute Gasteiger partial charge is 0.159 e. The molecule has 0 unspecified atom stereocenters. The normalized spacial score (nSPS) is 10.9. The molecule has 1 aromatic heterocycles. The van der Waals surface area contributed by atoms with Gasteiger partial charge in [-0.2, -0.15) is 0 Å². The lowest BCUT2D eigenvalue weighted by Crippen LogP contribution is -2.16. The molecule has 2 rings (SSSR count). The van der Waals surface area contributed by atoms with Crippen molar-refractivity contribution in [1.29, 1.82) is 0 Å². The zero-order valence-electron chi connectivity index (χ0n) is 8.09. The van der Waals surface area contributed by atoms with Crippen LogP contribution in [0.3, 0.4) is 0 Å². The van der Waals surface area contributed by atoms with E-state index < -0.39 is 0 Å². The molecule has 0 aliphatic rings. The standard InChI is InChI=1S/C9H9IN2O4/c10-9-5-3-7(14)8(15)4-6(5)12(11-9)16-2-1-13/h3-4,13-15H,1-2H2. The maximum Gasteiger partial charge on any atom is 0.159 e. The summed E-state index contributed by atoms with van der Waals surface area (Å²) in [6.45, 7) is -0.0174. The van der Waals surface area contributed by atoms with Crippen molar-refractivity contribution >= 4 is 33.5 Å². The summed E-state index contributed by atoms with van der Waals surface area (Å²) < 4.78 is 0.640. The van der Waals surface area contributed by atoms with Crippen molar-refractivity contribution in [1.82, 2.24) is 9.94 Å². The van der Waals surface area contributed by atoms with Gasteiger partial charge in [-0.3, -0.25) is 0 Å². The van der Waals surface area contributed by atoms with Gasteiger partial charge in [-0.05, 0) is 28.7 Å². The number of hydrogen-bond donors (Lipinski definition) is 3. The molecular formula is C9H9IN2O4. The summed E-state index contributed by atoms with van der Waals surface area (Å²) in [5.41, 5.74) is 0.535. The van der Waals surface area contributed by atoms with E-state index in [1.807, 2.05) is 22.6 Å². The quantitative estimate of drug-likeness (QED) is 0.560. The van der Waals surface area contributed by atoms with Crippen molar-refractivity contribution in [3.05, 3.63) is 15.8 Å². The minimum Gasteiger partial charge on any atom is -0.504 e. The van der Waals surface area contributed by atoms with Gasteiger partial charge in [0.15, 0.2) is 11.5 Å². The highest BCUT2D eigenvalue weighted by Crippen LogP contribution is 2.31. The molecule has 86 valence electrons. The number of aromatic nitrogens is 2. The van der Waals surface area contributed by atoms with E-state index in [4.69, 9.17) is 9.94 Å². The SMILES string of the molecule is OCCOn1nc(I)c2cc(O)c(O)cc21. The molecule has 3 N–H and O–H groups in total. The Morgan fingerprint density at radius 2 is 2.00 bits per heavy atom. The molecule has 0 aliphatic heterocycles. The first kappa shape index (κ1) is 11.3. The topological polar surface area (TPSA) is 87.7 Å². The number of halogens is 1. The number of hydrogen-bond acceptors (Lipinski definition) is 5. The molecule has 0 amide bonds. The first-order chi connectivity index (χ1) is 7.63. The van der Waals surface area contributed by atoms with E-state index in [0.29, 0.717) is 14.6 Å². The van der Waals surface area contributed by atoms with Crippen LogP contribution in [0, 0.1) is 3.70 Å². The molecule has 0 radical (unpaired) electrons. The maximum absolute atomic E-state index is 9.38. The molecule has 7 heteroatoms. The van der Waals surface area contributed by atoms with E-state index in [2.05, 4.69) is 5.10 Å². The van der Waals surface area contributed by atoms with Crippen LogP contribution in [0.5, 0.6) is 11.5 Å². The Labute approximate surface area is 104 Å². The number of nitrogens with zero attached hydrogens (tertiary/aromatic N) is 2. The highest BCUT2D eigenvalue weighted by atomic mass is 127. The zero-order chi connectivity index (χ0) is 11.7. The van der Waals surface area contributed by atoms with Gasteiger partial charge in [0.1, 0.15) is 15.8 Å². The number of aliphatic hydroxyl groups is 1. The molecule has 6 nitrogen and oxygen atoms in total. The van der Waals surface area contributed by atoms with E-state index in [9.17, 15) is 10.2 Å². The highest BCUT2D eigenvalue weighted by Gasteiger charge is 2.12. The van der Waals surface area contributed by atoms with Gasteiger partial charge in [-0.15, -0.1) is 5.10 Å². The third kappa shape index (κ3) is 1.87. The third-order valence-electron chi connectivity index (χ3n) is 2.00. The number of phenolic OH excluding ortho intramolecular Hbond substituents is 2. The molecule has 1 aromatic carbocycles. The molecule has 0 spiro atoms. The van der Waals surface area contributed by atoms with Crippen LogP contribution < -0.4 is 4.84 Å². The minimum atomic E-state index is -0.238. The molecule has 0 fully saturated rings. The summed E-state index contributed by atoms with van der Waals surface area (Å²) in [6, 6.07) is 2.77. The Morgan fingerprint density at radius 1 is 1.31 bits per heavy atom. The van der Waals surface area contributed by atoms with Gasteiger partial charge >= 0.3 is 0 Å². The first-order valence-electron chi connectivity index (χ1n) is 4.48. The van der Waals surface area contributed by atoms with Crippen LogP contribution in [-0.4, -0.2) is 38.5 Å². The van der Waals surface area contributed by atoms with Gasteiger partial charge in [0.05, 0.1) is 6.61 Å². The highest BCUT2D eigenvalue weighted by molar-refractivity contribution is 14.1. The third-order valence-corrected chi connectivity index (χ3v) is 2.80. The predicted octanol–water partition coefficient (Wildman–Crippen LogP) is 0.473. The average Bonchev–Trinajstić information content (AvgIpc) is 2.54. The molecule has 0 aliphatic carbocycles. The molecule has 0 atom stereocenters. The van der Waals surface area contributed by atoms with Crippen molar-refractivity contribution in [2.24, 2.45) is 0 Å². The molecule has 0 saturated heterocycles.